The number of furan rings is 3. The van der Waals surface area contributed by atoms with Gasteiger partial charge in [-0.2, -0.15) is 0 Å². The Hall–Kier alpha value is -7.82. The van der Waals surface area contributed by atoms with Gasteiger partial charge < -0.3 is 18.2 Å². The van der Waals surface area contributed by atoms with Crippen molar-refractivity contribution >= 4 is 82.9 Å². The van der Waals surface area contributed by atoms with Crippen molar-refractivity contribution in [3.05, 3.63) is 199 Å². The Morgan fingerprint density at radius 1 is 0.361 bits per heavy atom. The van der Waals surface area contributed by atoms with Crippen LogP contribution < -0.4 is 4.90 Å². The van der Waals surface area contributed by atoms with Crippen molar-refractivity contribution in [2.24, 2.45) is 0 Å². The minimum absolute atomic E-state index is 0.168. The molecule has 288 valence electrons. The average Bonchev–Trinajstić information content (AvgIpc) is 4.05. The number of fused-ring (bicyclic) bond motifs is 12. The van der Waals surface area contributed by atoms with Gasteiger partial charge in [-0.1, -0.05) is 159 Å². The largest absolute Gasteiger partial charge is 0.456 e. The molecule has 0 amide bonds. The molecular weight excluding hydrogens is 747 g/mol. The molecule has 1 aliphatic carbocycles. The normalized spacial score (nSPS) is 13.2. The number of benzene rings is 9. The van der Waals surface area contributed by atoms with Crippen molar-refractivity contribution in [2.45, 2.75) is 19.3 Å². The maximum atomic E-state index is 7.46. The van der Waals surface area contributed by atoms with Gasteiger partial charge in [0.1, 0.15) is 22.3 Å². The summed E-state index contributed by atoms with van der Waals surface area (Å²) in [5.74, 6) is 0. The summed E-state index contributed by atoms with van der Waals surface area (Å²) >= 11 is 0. The van der Waals surface area contributed by atoms with E-state index >= 15 is 0 Å². The third-order valence-electron chi connectivity index (χ3n) is 13.1. The molecule has 0 radical (unpaired) electrons. The Morgan fingerprint density at radius 2 is 0.951 bits per heavy atom. The lowest BCUT2D eigenvalue weighted by atomic mass is 9.81. The highest BCUT2D eigenvalue weighted by molar-refractivity contribution is 6.25. The maximum absolute atomic E-state index is 7.46. The number of hydrogen-bond donors (Lipinski definition) is 0. The molecule has 0 N–H and O–H groups in total. The quantitative estimate of drug-likeness (QED) is 0.174. The summed E-state index contributed by atoms with van der Waals surface area (Å²) in [5.41, 5.74) is 17.2. The summed E-state index contributed by atoms with van der Waals surface area (Å²) in [5, 5.41) is 6.26. The summed E-state index contributed by atoms with van der Waals surface area (Å²) in [7, 11) is 0. The predicted molar refractivity (Wildman–Crippen MR) is 251 cm³/mol. The van der Waals surface area contributed by atoms with Crippen molar-refractivity contribution in [3.8, 4) is 33.4 Å². The van der Waals surface area contributed by atoms with Gasteiger partial charge in [0.25, 0.3) is 0 Å². The monoisotopic (exact) mass is 783 g/mol. The summed E-state index contributed by atoms with van der Waals surface area (Å²) in [6, 6.07) is 66.7. The Morgan fingerprint density at radius 3 is 1.75 bits per heavy atom. The second-order valence-electron chi connectivity index (χ2n) is 16.8. The fourth-order valence-corrected chi connectivity index (χ4v) is 10.3. The van der Waals surface area contributed by atoms with Crippen LogP contribution in [0.15, 0.2) is 201 Å². The molecule has 1 aliphatic rings. The second-order valence-corrected chi connectivity index (χ2v) is 16.8. The van der Waals surface area contributed by atoms with Gasteiger partial charge in [-0.25, -0.2) is 0 Å². The van der Waals surface area contributed by atoms with Crippen molar-refractivity contribution in [1.29, 1.82) is 0 Å². The van der Waals surface area contributed by atoms with E-state index in [1.807, 2.05) is 18.2 Å². The lowest BCUT2D eigenvalue weighted by Gasteiger charge is -2.28. The minimum Gasteiger partial charge on any atom is -0.456 e. The van der Waals surface area contributed by atoms with Crippen LogP contribution in [-0.2, 0) is 5.41 Å². The highest BCUT2D eigenvalue weighted by atomic mass is 16.3. The van der Waals surface area contributed by atoms with E-state index in [9.17, 15) is 0 Å². The molecule has 61 heavy (non-hydrogen) atoms. The first-order valence-corrected chi connectivity index (χ1v) is 20.9. The molecule has 0 saturated heterocycles. The fraction of sp³-hybridized carbons (Fsp3) is 0.0526. The first-order chi connectivity index (χ1) is 30.0. The molecule has 4 heteroatoms. The molecule has 0 bridgehead atoms. The molecule has 13 rings (SSSR count). The summed E-state index contributed by atoms with van der Waals surface area (Å²) in [4.78, 5) is 2.33. The van der Waals surface area contributed by atoms with Gasteiger partial charge in [0.05, 0.1) is 17.1 Å². The van der Waals surface area contributed by atoms with Gasteiger partial charge in [-0.3, -0.25) is 0 Å². The number of anilines is 3. The van der Waals surface area contributed by atoms with E-state index in [2.05, 4.69) is 189 Å². The van der Waals surface area contributed by atoms with E-state index < -0.39 is 0 Å². The Kier molecular flexibility index (Phi) is 7.04. The van der Waals surface area contributed by atoms with Crippen molar-refractivity contribution in [3.63, 3.8) is 0 Å². The fourth-order valence-electron chi connectivity index (χ4n) is 10.3. The van der Waals surface area contributed by atoms with E-state index in [1.54, 1.807) is 0 Å². The van der Waals surface area contributed by atoms with Crippen LogP contribution in [0.25, 0.3) is 99.2 Å². The molecular formula is C57H37NO3. The van der Waals surface area contributed by atoms with Crippen molar-refractivity contribution in [1.82, 2.24) is 0 Å². The molecule has 3 aromatic heterocycles. The van der Waals surface area contributed by atoms with Gasteiger partial charge in [-0.05, 0) is 75.8 Å². The van der Waals surface area contributed by atoms with Crippen LogP contribution in [0.3, 0.4) is 0 Å². The molecule has 0 saturated carbocycles. The van der Waals surface area contributed by atoms with E-state index in [-0.39, 0.29) is 5.41 Å². The third-order valence-corrected chi connectivity index (χ3v) is 13.1. The standard InChI is InChI=1S/C57H37NO3/c1-57(2)44-24-10-6-19-37(44)38-31-30-35(32-45(38)57)52-53-42-21-9-13-29-50(42)59-51(53)33-43-41-23-15-27-48(55(41)61-56(43)52)58(46-25-11-7-18-36(46)34-16-4-3-5-17-34)47-26-14-22-40-39-20-8-12-28-49(39)60-54(40)47/h3-33H,1-2H3. The van der Waals surface area contributed by atoms with E-state index in [0.29, 0.717) is 0 Å². The number of rotatable bonds is 5. The summed E-state index contributed by atoms with van der Waals surface area (Å²) in [6.45, 7) is 4.67. The zero-order chi connectivity index (χ0) is 40.4. The van der Waals surface area contributed by atoms with Crippen molar-refractivity contribution < 1.29 is 13.3 Å². The van der Waals surface area contributed by atoms with Gasteiger partial charge in [0.2, 0.25) is 0 Å². The van der Waals surface area contributed by atoms with Crippen LogP contribution in [0.4, 0.5) is 17.1 Å². The zero-order valence-electron chi connectivity index (χ0n) is 33.6. The molecule has 0 unspecified atom stereocenters. The van der Waals surface area contributed by atoms with Gasteiger partial charge >= 0.3 is 0 Å². The van der Waals surface area contributed by atoms with E-state index in [0.717, 1.165) is 105 Å². The van der Waals surface area contributed by atoms with Crippen molar-refractivity contribution in [2.75, 3.05) is 4.90 Å². The topological polar surface area (TPSA) is 42.7 Å². The molecule has 0 aliphatic heterocycles. The Bertz CT molecular complexity index is 3750. The summed E-state index contributed by atoms with van der Waals surface area (Å²) in [6.07, 6.45) is 0. The zero-order valence-corrected chi connectivity index (χ0v) is 33.6. The van der Waals surface area contributed by atoms with Crippen LogP contribution in [0.2, 0.25) is 0 Å². The number of hydrogen-bond acceptors (Lipinski definition) is 4. The lowest BCUT2D eigenvalue weighted by molar-refractivity contribution is 0.660. The van der Waals surface area contributed by atoms with Crippen LogP contribution in [0.1, 0.15) is 25.0 Å². The minimum atomic E-state index is -0.168. The molecule has 0 spiro atoms. The Balaban J connectivity index is 1.13. The molecule has 0 fully saturated rings. The first-order valence-electron chi connectivity index (χ1n) is 20.9. The highest BCUT2D eigenvalue weighted by Gasteiger charge is 2.36. The van der Waals surface area contributed by atoms with Gasteiger partial charge in [0, 0.05) is 48.9 Å². The third kappa shape index (κ3) is 4.82. The maximum Gasteiger partial charge on any atom is 0.159 e. The predicted octanol–water partition coefficient (Wildman–Crippen LogP) is 16.5. The number of nitrogens with zero attached hydrogens (tertiary/aromatic N) is 1. The molecule has 0 atom stereocenters. The van der Waals surface area contributed by atoms with Gasteiger partial charge in [-0.15, -0.1) is 0 Å². The second kappa shape index (κ2) is 12.6. The van der Waals surface area contributed by atoms with Crippen LogP contribution in [0.5, 0.6) is 0 Å². The van der Waals surface area contributed by atoms with E-state index in [4.69, 9.17) is 13.3 Å². The molecule has 3 heterocycles. The van der Waals surface area contributed by atoms with E-state index in [1.165, 1.54) is 22.3 Å². The van der Waals surface area contributed by atoms with Crippen LogP contribution >= 0.6 is 0 Å². The number of para-hydroxylation sites is 5. The molecule has 12 aromatic rings. The van der Waals surface area contributed by atoms with Crippen LogP contribution in [0, 0.1) is 0 Å². The lowest BCUT2D eigenvalue weighted by Crippen LogP contribution is -2.14. The first kappa shape index (κ1) is 34.1. The molecule has 4 nitrogen and oxygen atoms in total. The van der Waals surface area contributed by atoms with Gasteiger partial charge in [0.15, 0.2) is 11.2 Å². The highest BCUT2D eigenvalue weighted by Crippen LogP contribution is 2.53. The van der Waals surface area contributed by atoms with Crippen LogP contribution in [-0.4, -0.2) is 0 Å². The SMILES string of the molecule is CC1(C)c2ccccc2-c2ccc(-c3c4oc5c(N(c6ccccc6-c6ccccc6)c6cccc7c6oc6ccccc67)cccc5c4cc4oc5ccccc5c34)cc21. The molecule has 9 aromatic carbocycles. The average molecular weight is 784 g/mol. The summed E-state index contributed by atoms with van der Waals surface area (Å²) < 4.78 is 20.9. The smallest absolute Gasteiger partial charge is 0.159 e. The Labute approximate surface area is 351 Å².